The van der Waals surface area contributed by atoms with Crippen LogP contribution < -0.4 is 10.5 Å². The van der Waals surface area contributed by atoms with E-state index in [0.717, 1.165) is 37.2 Å². The fourth-order valence-corrected chi connectivity index (χ4v) is 2.94. The first-order valence-electron chi connectivity index (χ1n) is 6.00. The molecule has 4 heteroatoms. The number of nitrogens with two attached hydrogens (primary N) is 1. The number of halogens is 1. The molecule has 2 aliphatic heterocycles. The summed E-state index contributed by atoms with van der Waals surface area (Å²) in [7, 11) is 0. The van der Waals surface area contributed by atoms with Crippen molar-refractivity contribution < 1.29 is 9.47 Å². The fourth-order valence-electron chi connectivity index (χ4n) is 2.76. The topological polar surface area (TPSA) is 44.5 Å². The van der Waals surface area contributed by atoms with Crippen molar-refractivity contribution in [2.24, 2.45) is 5.73 Å². The van der Waals surface area contributed by atoms with Crippen LogP contribution in [0.15, 0.2) is 18.2 Å². The number of benzene rings is 1. The van der Waals surface area contributed by atoms with Crippen molar-refractivity contribution in [1.29, 1.82) is 0 Å². The molecule has 17 heavy (non-hydrogen) atoms. The van der Waals surface area contributed by atoms with Crippen LogP contribution in [0.4, 0.5) is 0 Å². The molecule has 1 spiro atoms. The van der Waals surface area contributed by atoms with Crippen LogP contribution in [0, 0.1) is 0 Å². The van der Waals surface area contributed by atoms with E-state index in [9.17, 15) is 0 Å². The monoisotopic (exact) mass is 253 g/mol. The number of hydrogen-bond acceptors (Lipinski definition) is 3. The standard InChI is InChI=1S/C13H16ClNO2/c14-9-2-3-12-10(6-9)11(15)7-13(17-12)4-1-5-16-8-13/h2-3,6,11H,1,4-5,7-8,15H2/t11-,13?/m0/s1. The predicted octanol–water partition coefficient (Wildman–Crippen LogP) is 2.67. The second-order valence-electron chi connectivity index (χ2n) is 4.93. The van der Waals surface area contributed by atoms with Gasteiger partial charge in [-0.3, -0.25) is 0 Å². The van der Waals surface area contributed by atoms with Crippen LogP contribution in [0.2, 0.25) is 5.02 Å². The summed E-state index contributed by atoms with van der Waals surface area (Å²) < 4.78 is 11.7. The molecule has 1 unspecified atom stereocenters. The lowest BCUT2D eigenvalue weighted by Gasteiger charge is -2.43. The van der Waals surface area contributed by atoms with Crippen LogP contribution in [0.5, 0.6) is 5.75 Å². The van der Waals surface area contributed by atoms with Gasteiger partial charge in [0, 0.05) is 29.7 Å². The highest BCUT2D eigenvalue weighted by molar-refractivity contribution is 6.30. The van der Waals surface area contributed by atoms with E-state index in [4.69, 9.17) is 26.8 Å². The lowest BCUT2D eigenvalue weighted by Crippen LogP contribution is -2.49. The van der Waals surface area contributed by atoms with Gasteiger partial charge in [0.2, 0.25) is 0 Å². The minimum atomic E-state index is -0.224. The summed E-state index contributed by atoms with van der Waals surface area (Å²) in [5.41, 5.74) is 7.01. The zero-order valence-electron chi connectivity index (χ0n) is 9.62. The average molecular weight is 254 g/mol. The van der Waals surface area contributed by atoms with Gasteiger partial charge < -0.3 is 15.2 Å². The molecule has 1 aromatic carbocycles. The van der Waals surface area contributed by atoms with Gasteiger partial charge in [-0.1, -0.05) is 11.6 Å². The lowest BCUT2D eigenvalue weighted by molar-refractivity contribution is -0.0833. The molecule has 1 aromatic rings. The summed E-state index contributed by atoms with van der Waals surface area (Å²) >= 11 is 5.98. The van der Waals surface area contributed by atoms with E-state index in [1.807, 2.05) is 18.2 Å². The Hall–Kier alpha value is -0.770. The van der Waals surface area contributed by atoms with Crippen molar-refractivity contribution in [3.63, 3.8) is 0 Å². The molecule has 3 rings (SSSR count). The van der Waals surface area contributed by atoms with Crippen LogP contribution in [0.3, 0.4) is 0 Å². The van der Waals surface area contributed by atoms with Crippen molar-refractivity contribution in [3.8, 4) is 5.75 Å². The van der Waals surface area contributed by atoms with E-state index in [1.54, 1.807) is 0 Å². The van der Waals surface area contributed by atoms with E-state index in [0.29, 0.717) is 11.6 Å². The van der Waals surface area contributed by atoms with Crippen LogP contribution in [0.1, 0.15) is 30.9 Å². The zero-order valence-corrected chi connectivity index (χ0v) is 10.4. The van der Waals surface area contributed by atoms with Gasteiger partial charge in [0.15, 0.2) is 0 Å². The van der Waals surface area contributed by atoms with Crippen LogP contribution in [-0.2, 0) is 4.74 Å². The van der Waals surface area contributed by atoms with E-state index < -0.39 is 0 Å². The zero-order chi connectivity index (χ0) is 11.9. The largest absolute Gasteiger partial charge is 0.484 e. The molecule has 0 amide bonds. The first-order chi connectivity index (χ1) is 8.19. The highest BCUT2D eigenvalue weighted by Crippen LogP contribution is 2.42. The van der Waals surface area contributed by atoms with E-state index >= 15 is 0 Å². The molecule has 0 radical (unpaired) electrons. The molecule has 1 fully saturated rings. The maximum Gasteiger partial charge on any atom is 0.134 e. The molecule has 2 atom stereocenters. The highest BCUT2D eigenvalue weighted by Gasteiger charge is 2.41. The van der Waals surface area contributed by atoms with Crippen molar-refractivity contribution >= 4 is 11.6 Å². The Morgan fingerprint density at radius 2 is 2.29 bits per heavy atom. The number of fused-ring (bicyclic) bond motifs is 1. The van der Waals surface area contributed by atoms with Gasteiger partial charge in [-0.25, -0.2) is 0 Å². The Bertz CT molecular complexity index is 429. The number of hydrogen-bond donors (Lipinski definition) is 1. The summed E-state index contributed by atoms with van der Waals surface area (Å²) in [4.78, 5) is 0. The first-order valence-corrected chi connectivity index (χ1v) is 6.38. The highest BCUT2D eigenvalue weighted by atomic mass is 35.5. The van der Waals surface area contributed by atoms with E-state index in [1.165, 1.54) is 0 Å². The second kappa shape index (κ2) is 4.16. The van der Waals surface area contributed by atoms with E-state index in [-0.39, 0.29) is 11.6 Å². The molecule has 2 aliphatic rings. The molecule has 92 valence electrons. The summed E-state index contributed by atoms with van der Waals surface area (Å²) in [5, 5.41) is 0.707. The van der Waals surface area contributed by atoms with Crippen molar-refractivity contribution in [1.82, 2.24) is 0 Å². The van der Waals surface area contributed by atoms with Crippen LogP contribution in [0.25, 0.3) is 0 Å². The van der Waals surface area contributed by atoms with Crippen molar-refractivity contribution in [3.05, 3.63) is 28.8 Å². The predicted molar refractivity (Wildman–Crippen MR) is 66.4 cm³/mol. The van der Waals surface area contributed by atoms with Gasteiger partial charge >= 0.3 is 0 Å². The maximum absolute atomic E-state index is 6.23. The van der Waals surface area contributed by atoms with Gasteiger partial charge in [0.1, 0.15) is 11.4 Å². The molecule has 0 saturated carbocycles. The maximum atomic E-state index is 6.23. The van der Waals surface area contributed by atoms with Gasteiger partial charge in [-0.2, -0.15) is 0 Å². The average Bonchev–Trinajstić information content (AvgIpc) is 2.31. The molecule has 2 N–H and O–H groups in total. The minimum absolute atomic E-state index is 0.0147. The molecule has 2 heterocycles. The van der Waals surface area contributed by atoms with Gasteiger partial charge in [-0.05, 0) is 31.0 Å². The summed E-state index contributed by atoms with van der Waals surface area (Å²) in [5.74, 6) is 0.860. The van der Waals surface area contributed by atoms with Crippen molar-refractivity contribution in [2.75, 3.05) is 13.2 Å². The fraction of sp³-hybridized carbons (Fsp3) is 0.538. The summed E-state index contributed by atoms with van der Waals surface area (Å²) in [6, 6.07) is 5.64. The quantitative estimate of drug-likeness (QED) is 0.773. The molecule has 0 aromatic heterocycles. The third kappa shape index (κ3) is 2.03. The molecule has 0 aliphatic carbocycles. The minimum Gasteiger partial charge on any atom is -0.484 e. The third-order valence-electron chi connectivity index (χ3n) is 3.58. The van der Waals surface area contributed by atoms with Gasteiger partial charge in [0.25, 0.3) is 0 Å². The summed E-state index contributed by atoms with van der Waals surface area (Å²) in [6.45, 7) is 1.47. The van der Waals surface area contributed by atoms with Crippen LogP contribution in [-0.4, -0.2) is 18.8 Å². The van der Waals surface area contributed by atoms with Crippen molar-refractivity contribution in [2.45, 2.75) is 30.9 Å². The second-order valence-corrected chi connectivity index (χ2v) is 5.37. The third-order valence-corrected chi connectivity index (χ3v) is 3.81. The smallest absolute Gasteiger partial charge is 0.134 e. The van der Waals surface area contributed by atoms with Gasteiger partial charge in [0.05, 0.1) is 6.61 Å². The Kier molecular flexibility index (Phi) is 2.77. The Balaban J connectivity index is 1.94. The molecule has 0 bridgehead atoms. The molecular weight excluding hydrogens is 238 g/mol. The number of rotatable bonds is 0. The Labute approximate surface area is 106 Å². The van der Waals surface area contributed by atoms with Gasteiger partial charge in [-0.15, -0.1) is 0 Å². The van der Waals surface area contributed by atoms with E-state index in [2.05, 4.69) is 0 Å². The van der Waals surface area contributed by atoms with Crippen LogP contribution >= 0.6 is 11.6 Å². The molecular formula is C13H16ClNO2. The Morgan fingerprint density at radius 1 is 1.41 bits per heavy atom. The Morgan fingerprint density at radius 3 is 3.06 bits per heavy atom. The molecule has 3 nitrogen and oxygen atoms in total. The summed E-state index contributed by atoms with van der Waals surface area (Å²) in [6.07, 6.45) is 2.86. The molecule has 1 saturated heterocycles. The first kappa shape index (κ1) is 11.3. The lowest BCUT2D eigenvalue weighted by atomic mass is 9.84. The number of ether oxygens (including phenoxy) is 2. The SMILES string of the molecule is N[C@H]1CC2(CCCOC2)Oc2ccc(Cl)cc21. The normalized spacial score (nSPS) is 32.0.